The van der Waals surface area contributed by atoms with Crippen LogP contribution in [-0.2, 0) is 11.8 Å². The number of rotatable bonds is 7. The van der Waals surface area contributed by atoms with Gasteiger partial charge in [-0.25, -0.2) is 4.39 Å². The van der Waals surface area contributed by atoms with Gasteiger partial charge in [-0.3, -0.25) is 4.79 Å². The van der Waals surface area contributed by atoms with Crippen molar-refractivity contribution in [1.29, 1.82) is 5.26 Å². The summed E-state index contributed by atoms with van der Waals surface area (Å²) in [5.41, 5.74) is 0.758. The first kappa shape index (κ1) is 17.9. The summed E-state index contributed by atoms with van der Waals surface area (Å²) in [7, 11) is 1.80. The monoisotopic (exact) mass is 347 g/mol. The van der Waals surface area contributed by atoms with Gasteiger partial charge in [-0.15, -0.1) is 10.2 Å². The Morgan fingerprint density at radius 2 is 2.08 bits per heavy atom. The molecule has 6 nitrogen and oxygen atoms in total. The lowest BCUT2D eigenvalue weighted by atomic mass is 10.2. The van der Waals surface area contributed by atoms with Crippen molar-refractivity contribution in [2.75, 3.05) is 18.8 Å². The Labute approximate surface area is 144 Å². The highest BCUT2D eigenvalue weighted by Crippen LogP contribution is 2.23. The molecular weight excluding hydrogens is 329 g/mol. The van der Waals surface area contributed by atoms with E-state index in [1.54, 1.807) is 28.6 Å². The molecule has 0 fully saturated rings. The second-order valence-corrected chi connectivity index (χ2v) is 5.98. The van der Waals surface area contributed by atoms with E-state index in [0.717, 1.165) is 5.56 Å². The third-order valence-electron chi connectivity index (χ3n) is 3.49. The molecule has 0 atom stereocenters. The van der Waals surface area contributed by atoms with Crippen LogP contribution in [0.1, 0.15) is 13.3 Å². The molecule has 0 spiro atoms. The van der Waals surface area contributed by atoms with Crippen molar-refractivity contribution in [3.05, 3.63) is 30.1 Å². The van der Waals surface area contributed by atoms with Crippen molar-refractivity contribution in [2.45, 2.75) is 18.5 Å². The first-order valence-electron chi connectivity index (χ1n) is 7.49. The van der Waals surface area contributed by atoms with Gasteiger partial charge in [-0.05, 0) is 31.2 Å². The van der Waals surface area contributed by atoms with Gasteiger partial charge < -0.3 is 9.47 Å². The van der Waals surface area contributed by atoms with Crippen LogP contribution < -0.4 is 0 Å². The van der Waals surface area contributed by atoms with E-state index in [0.29, 0.717) is 30.5 Å². The van der Waals surface area contributed by atoms with E-state index in [4.69, 9.17) is 5.26 Å². The van der Waals surface area contributed by atoms with Crippen LogP contribution in [0.4, 0.5) is 4.39 Å². The van der Waals surface area contributed by atoms with E-state index >= 15 is 0 Å². The third kappa shape index (κ3) is 4.32. The number of thioether (sulfide) groups is 1. The van der Waals surface area contributed by atoms with Crippen molar-refractivity contribution >= 4 is 17.7 Å². The van der Waals surface area contributed by atoms with Gasteiger partial charge in [0.2, 0.25) is 5.91 Å². The average Bonchev–Trinajstić information content (AvgIpc) is 2.95. The van der Waals surface area contributed by atoms with Crippen LogP contribution in [0.5, 0.6) is 0 Å². The fourth-order valence-corrected chi connectivity index (χ4v) is 2.97. The molecule has 1 amide bonds. The maximum Gasteiger partial charge on any atom is 0.233 e. The van der Waals surface area contributed by atoms with E-state index in [1.165, 1.54) is 23.9 Å². The van der Waals surface area contributed by atoms with Crippen molar-refractivity contribution in [3.63, 3.8) is 0 Å². The number of hydrogen-bond acceptors (Lipinski definition) is 5. The summed E-state index contributed by atoms with van der Waals surface area (Å²) in [4.78, 5) is 13.8. The summed E-state index contributed by atoms with van der Waals surface area (Å²) in [6.45, 7) is 2.89. The maximum absolute atomic E-state index is 13.0. The molecule has 8 heteroatoms. The third-order valence-corrected chi connectivity index (χ3v) is 4.50. The van der Waals surface area contributed by atoms with Crippen molar-refractivity contribution in [1.82, 2.24) is 19.7 Å². The Hall–Kier alpha value is -2.40. The van der Waals surface area contributed by atoms with Gasteiger partial charge >= 0.3 is 0 Å². The van der Waals surface area contributed by atoms with E-state index in [1.807, 2.05) is 13.0 Å². The van der Waals surface area contributed by atoms with Crippen LogP contribution in [0.25, 0.3) is 11.4 Å². The Morgan fingerprint density at radius 1 is 1.38 bits per heavy atom. The highest BCUT2D eigenvalue weighted by Gasteiger charge is 2.16. The van der Waals surface area contributed by atoms with Gasteiger partial charge in [0.25, 0.3) is 0 Å². The number of nitrogens with zero attached hydrogens (tertiary/aromatic N) is 5. The highest BCUT2D eigenvalue weighted by molar-refractivity contribution is 7.99. The maximum atomic E-state index is 13.0. The van der Waals surface area contributed by atoms with E-state index in [2.05, 4.69) is 10.2 Å². The number of halogens is 1. The molecule has 1 aromatic heterocycles. The fraction of sp³-hybridized carbons (Fsp3) is 0.375. The second kappa shape index (κ2) is 8.45. The lowest BCUT2D eigenvalue weighted by Gasteiger charge is -2.18. The molecule has 0 unspecified atom stereocenters. The Bertz CT molecular complexity index is 738. The molecule has 24 heavy (non-hydrogen) atoms. The molecule has 0 aliphatic carbocycles. The van der Waals surface area contributed by atoms with Crippen LogP contribution in [0, 0.1) is 17.1 Å². The van der Waals surface area contributed by atoms with Crippen molar-refractivity contribution in [3.8, 4) is 17.5 Å². The first-order valence-corrected chi connectivity index (χ1v) is 8.48. The largest absolute Gasteiger partial charge is 0.341 e. The van der Waals surface area contributed by atoms with Gasteiger partial charge in [-0.1, -0.05) is 11.8 Å². The van der Waals surface area contributed by atoms with Crippen molar-refractivity contribution < 1.29 is 9.18 Å². The first-order chi connectivity index (χ1) is 11.6. The highest BCUT2D eigenvalue weighted by atomic mass is 32.2. The summed E-state index contributed by atoms with van der Waals surface area (Å²) in [6, 6.07) is 8.06. The zero-order valence-electron chi connectivity index (χ0n) is 13.6. The number of carbonyl (C=O) groups excluding carboxylic acids is 1. The minimum absolute atomic E-state index is 0.0379. The summed E-state index contributed by atoms with van der Waals surface area (Å²) in [5.74, 6) is 0.498. The number of aromatic nitrogens is 3. The molecule has 126 valence electrons. The van der Waals surface area contributed by atoms with Gasteiger partial charge in [0.15, 0.2) is 11.0 Å². The lowest BCUT2D eigenvalue weighted by Crippen LogP contribution is -2.33. The van der Waals surface area contributed by atoms with Gasteiger partial charge in [0.1, 0.15) is 5.82 Å². The van der Waals surface area contributed by atoms with Crippen LogP contribution in [0.2, 0.25) is 0 Å². The number of carbonyl (C=O) groups is 1. The van der Waals surface area contributed by atoms with Crippen LogP contribution >= 0.6 is 11.8 Å². The predicted octanol–water partition coefficient (Wildman–Crippen LogP) is 2.48. The minimum atomic E-state index is -0.307. The fourth-order valence-electron chi connectivity index (χ4n) is 2.15. The van der Waals surface area contributed by atoms with E-state index < -0.39 is 0 Å². The number of nitriles is 1. The van der Waals surface area contributed by atoms with Crippen LogP contribution in [0.15, 0.2) is 29.4 Å². The molecule has 0 radical (unpaired) electrons. The molecule has 0 N–H and O–H groups in total. The molecule has 0 saturated heterocycles. The molecule has 2 rings (SSSR count). The van der Waals surface area contributed by atoms with Crippen molar-refractivity contribution in [2.24, 2.45) is 7.05 Å². The smallest absolute Gasteiger partial charge is 0.233 e. The number of hydrogen-bond donors (Lipinski definition) is 0. The molecule has 0 bridgehead atoms. The summed E-state index contributed by atoms with van der Waals surface area (Å²) in [6.07, 6.45) is 0.322. The molecule has 0 saturated carbocycles. The zero-order chi connectivity index (χ0) is 17.5. The molecule has 2 aromatic rings. The lowest BCUT2D eigenvalue weighted by molar-refractivity contribution is -0.128. The normalized spacial score (nSPS) is 10.4. The standard InChI is InChI=1S/C16H18FN5OS/c1-3-22(10-4-9-18)14(23)11-24-16-20-19-15(21(16)2)12-5-7-13(17)8-6-12/h5-8H,3-4,10-11H2,1-2H3. The van der Waals surface area contributed by atoms with Gasteiger partial charge in [-0.2, -0.15) is 5.26 Å². The molecule has 0 aliphatic heterocycles. The topological polar surface area (TPSA) is 74.8 Å². The number of amides is 1. The average molecular weight is 347 g/mol. The molecule has 1 heterocycles. The summed E-state index contributed by atoms with van der Waals surface area (Å²) in [5, 5.41) is 17.4. The molecule has 0 aliphatic rings. The van der Waals surface area contributed by atoms with Crippen LogP contribution in [0.3, 0.4) is 0 Å². The zero-order valence-corrected chi connectivity index (χ0v) is 14.4. The van der Waals surface area contributed by atoms with E-state index in [-0.39, 0.29) is 17.5 Å². The SMILES string of the molecule is CCN(CCC#N)C(=O)CSc1nnc(-c2ccc(F)cc2)n1C. The quantitative estimate of drug-likeness (QED) is 0.719. The Morgan fingerprint density at radius 3 is 2.71 bits per heavy atom. The van der Waals surface area contributed by atoms with E-state index in [9.17, 15) is 9.18 Å². The number of benzene rings is 1. The second-order valence-electron chi connectivity index (χ2n) is 5.04. The summed E-state index contributed by atoms with van der Waals surface area (Å²) < 4.78 is 14.8. The molecule has 1 aromatic carbocycles. The summed E-state index contributed by atoms with van der Waals surface area (Å²) >= 11 is 1.29. The van der Waals surface area contributed by atoms with Crippen LogP contribution in [-0.4, -0.2) is 44.4 Å². The van der Waals surface area contributed by atoms with Gasteiger partial charge in [0.05, 0.1) is 18.2 Å². The Kier molecular flexibility index (Phi) is 6.32. The minimum Gasteiger partial charge on any atom is -0.341 e. The molecular formula is C16H18FN5OS. The predicted molar refractivity (Wildman–Crippen MR) is 89.6 cm³/mol. The van der Waals surface area contributed by atoms with Gasteiger partial charge in [0, 0.05) is 25.7 Å². The Balaban J connectivity index is 2.02.